The number of phenols is 1. The monoisotopic (exact) mass is 450 g/mol. The molecule has 3 rings (SSSR count). The number of aliphatic hydroxyl groups excluding tert-OH is 1. The van der Waals surface area contributed by atoms with Crippen molar-refractivity contribution in [2.75, 3.05) is 6.54 Å². The third-order valence-corrected chi connectivity index (χ3v) is 5.43. The molecule has 1 atom stereocenters. The van der Waals surface area contributed by atoms with Crippen LogP contribution in [0.15, 0.2) is 72.8 Å². The van der Waals surface area contributed by atoms with Gasteiger partial charge in [0.1, 0.15) is 11.6 Å². The number of amides is 1. The van der Waals surface area contributed by atoms with Gasteiger partial charge in [-0.25, -0.2) is 4.39 Å². The molecule has 0 saturated carbocycles. The van der Waals surface area contributed by atoms with Gasteiger partial charge in [-0.3, -0.25) is 4.79 Å². The van der Waals surface area contributed by atoms with E-state index in [0.717, 1.165) is 22.3 Å². The zero-order chi connectivity index (χ0) is 23.8. The molecule has 0 aromatic heterocycles. The SMILES string of the molecule is CC(C)(Cc1cccc(CC(=O)NCc2cccc(F)c2)c1)NCC(O)c1ccc(O)cc1. The molecule has 1 unspecified atom stereocenters. The summed E-state index contributed by atoms with van der Waals surface area (Å²) >= 11 is 0. The molecule has 0 bridgehead atoms. The van der Waals surface area contributed by atoms with Crippen molar-refractivity contribution in [1.82, 2.24) is 10.6 Å². The van der Waals surface area contributed by atoms with Gasteiger partial charge in [0.25, 0.3) is 0 Å². The molecule has 5 nitrogen and oxygen atoms in total. The first-order valence-corrected chi connectivity index (χ1v) is 11.0. The molecular formula is C27H31FN2O3. The van der Waals surface area contributed by atoms with E-state index in [1.54, 1.807) is 36.4 Å². The number of aliphatic hydroxyl groups is 1. The van der Waals surface area contributed by atoms with E-state index in [0.29, 0.717) is 13.0 Å². The van der Waals surface area contributed by atoms with Gasteiger partial charge in [0, 0.05) is 18.6 Å². The highest BCUT2D eigenvalue weighted by molar-refractivity contribution is 5.78. The van der Waals surface area contributed by atoms with Crippen molar-refractivity contribution in [2.24, 2.45) is 0 Å². The first-order chi connectivity index (χ1) is 15.7. The second-order valence-corrected chi connectivity index (χ2v) is 8.95. The summed E-state index contributed by atoms with van der Waals surface area (Å²) in [5, 5.41) is 26.1. The third-order valence-electron chi connectivity index (χ3n) is 5.43. The van der Waals surface area contributed by atoms with Gasteiger partial charge in [-0.1, -0.05) is 48.5 Å². The molecule has 174 valence electrons. The third kappa shape index (κ3) is 8.00. The molecule has 0 radical (unpaired) electrons. The van der Waals surface area contributed by atoms with Crippen LogP contribution < -0.4 is 10.6 Å². The number of nitrogens with one attached hydrogen (secondary N) is 2. The van der Waals surface area contributed by atoms with Crippen LogP contribution in [0.1, 0.15) is 42.2 Å². The highest BCUT2D eigenvalue weighted by Gasteiger charge is 2.20. The number of phenolic OH excluding ortho intramolecular Hbond substituents is 1. The normalized spacial score (nSPS) is 12.4. The van der Waals surface area contributed by atoms with Crippen molar-refractivity contribution in [3.63, 3.8) is 0 Å². The zero-order valence-electron chi connectivity index (χ0n) is 19.0. The lowest BCUT2D eigenvalue weighted by molar-refractivity contribution is -0.120. The predicted octanol–water partition coefficient (Wildman–Crippen LogP) is 4.03. The van der Waals surface area contributed by atoms with Crippen molar-refractivity contribution < 1.29 is 19.4 Å². The van der Waals surface area contributed by atoms with Gasteiger partial charge >= 0.3 is 0 Å². The number of hydrogen-bond donors (Lipinski definition) is 4. The molecule has 0 spiro atoms. The number of benzene rings is 3. The molecule has 3 aromatic carbocycles. The molecule has 1 amide bonds. The maximum atomic E-state index is 13.3. The number of β-amino-alcohol motifs (C(OH)–C–C–N with tert-alkyl or cyclic N) is 1. The molecule has 33 heavy (non-hydrogen) atoms. The van der Waals surface area contributed by atoms with Crippen LogP contribution >= 0.6 is 0 Å². The van der Waals surface area contributed by atoms with Gasteiger partial charge in [0.15, 0.2) is 0 Å². The van der Waals surface area contributed by atoms with Crippen molar-refractivity contribution in [3.05, 3.63) is 101 Å². The minimum atomic E-state index is -0.682. The lowest BCUT2D eigenvalue weighted by atomic mass is 9.93. The van der Waals surface area contributed by atoms with Gasteiger partial charge in [-0.15, -0.1) is 0 Å². The van der Waals surface area contributed by atoms with E-state index in [2.05, 4.69) is 24.5 Å². The summed E-state index contributed by atoms with van der Waals surface area (Å²) in [6.07, 6.45) is 0.281. The second-order valence-electron chi connectivity index (χ2n) is 8.95. The minimum Gasteiger partial charge on any atom is -0.508 e. The summed E-state index contributed by atoms with van der Waals surface area (Å²) in [6.45, 7) is 4.79. The maximum absolute atomic E-state index is 13.3. The average molecular weight is 451 g/mol. The van der Waals surface area contributed by atoms with Crippen molar-refractivity contribution >= 4 is 5.91 Å². The summed E-state index contributed by atoms with van der Waals surface area (Å²) in [4.78, 5) is 12.3. The standard InChI is InChI=1S/C27H31FN2O3/c1-27(2,30-18-25(32)22-9-11-24(31)12-10-22)16-20-6-3-5-19(13-20)15-26(33)29-17-21-7-4-8-23(28)14-21/h3-14,25,30-32H,15-18H2,1-2H3,(H,29,33). The van der Waals surface area contributed by atoms with Crippen LogP contribution in [0.3, 0.4) is 0 Å². The fourth-order valence-corrected chi connectivity index (χ4v) is 3.71. The van der Waals surface area contributed by atoms with Crippen molar-refractivity contribution in [1.29, 1.82) is 0 Å². The summed E-state index contributed by atoms with van der Waals surface area (Å²) in [7, 11) is 0. The minimum absolute atomic E-state index is 0.120. The van der Waals surface area contributed by atoms with Gasteiger partial charge in [-0.05, 0) is 66.8 Å². The van der Waals surface area contributed by atoms with Gasteiger partial charge in [0.2, 0.25) is 5.91 Å². The number of aromatic hydroxyl groups is 1. The fourth-order valence-electron chi connectivity index (χ4n) is 3.71. The Morgan fingerprint density at radius 2 is 1.64 bits per heavy atom. The molecule has 0 heterocycles. The predicted molar refractivity (Wildman–Crippen MR) is 127 cm³/mol. The molecule has 0 fully saturated rings. The van der Waals surface area contributed by atoms with Crippen LogP contribution in [0.25, 0.3) is 0 Å². The molecule has 4 N–H and O–H groups in total. The Balaban J connectivity index is 1.51. The van der Waals surface area contributed by atoms with Crippen LogP contribution in [0.4, 0.5) is 4.39 Å². The number of rotatable bonds is 10. The summed E-state index contributed by atoms with van der Waals surface area (Å²) < 4.78 is 13.3. The quantitative estimate of drug-likeness (QED) is 0.376. The Labute approximate surface area is 194 Å². The lowest BCUT2D eigenvalue weighted by Gasteiger charge is -2.28. The van der Waals surface area contributed by atoms with Crippen LogP contribution in [0, 0.1) is 5.82 Å². The molecule has 3 aromatic rings. The highest BCUT2D eigenvalue weighted by atomic mass is 19.1. The Hall–Kier alpha value is -3.22. The molecule has 0 aliphatic heterocycles. The van der Waals surface area contributed by atoms with E-state index >= 15 is 0 Å². The lowest BCUT2D eigenvalue weighted by Crippen LogP contribution is -2.43. The van der Waals surface area contributed by atoms with E-state index in [4.69, 9.17) is 0 Å². The van der Waals surface area contributed by atoms with E-state index in [-0.39, 0.29) is 36.0 Å². The molecule has 0 saturated heterocycles. The van der Waals surface area contributed by atoms with Crippen LogP contribution in [-0.2, 0) is 24.2 Å². The molecule has 0 aliphatic rings. The number of hydrogen-bond acceptors (Lipinski definition) is 4. The average Bonchev–Trinajstić information content (AvgIpc) is 2.77. The van der Waals surface area contributed by atoms with Crippen LogP contribution in [0.2, 0.25) is 0 Å². The molecular weight excluding hydrogens is 419 g/mol. The first kappa shape index (κ1) is 24.4. The maximum Gasteiger partial charge on any atom is 0.224 e. The Bertz CT molecular complexity index is 1070. The molecule has 6 heteroatoms. The van der Waals surface area contributed by atoms with E-state index < -0.39 is 6.10 Å². The Kier molecular flexibility index (Phi) is 8.20. The number of carbonyl (C=O) groups is 1. The van der Waals surface area contributed by atoms with Crippen molar-refractivity contribution in [2.45, 2.75) is 44.9 Å². The van der Waals surface area contributed by atoms with E-state index in [9.17, 15) is 19.4 Å². The zero-order valence-corrected chi connectivity index (χ0v) is 19.0. The van der Waals surface area contributed by atoms with Crippen LogP contribution in [-0.4, -0.2) is 28.2 Å². The molecule has 0 aliphatic carbocycles. The summed E-state index contributed by atoms with van der Waals surface area (Å²) in [6, 6.07) is 20.6. The van der Waals surface area contributed by atoms with Gasteiger partial charge in [-0.2, -0.15) is 0 Å². The number of carbonyl (C=O) groups excluding carboxylic acids is 1. The summed E-state index contributed by atoms with van der Waals surface area (Å²) in [5.41, 5.74) is 3.17. The summed E-state index contributed by atoms with van der Waals surface area (Å²) in [5.74, 6) is -0.270. The van der Waals surface area contributed by atoms with Crippen LogP contribution in [0.5, 0.6) is 5.75 Å². The van der Waals surface area contributed by atoms with Crippen molar-refractivity contribution in [3.8, 4) is 5.75 Å². The highest BCUT2D eigenvalue weighted by Crippen LogP contribution is 2.19. The smallest absolute Gasteiger partial charge is 0.224 e. The second kappa shape index (κ2) is 11.1. The van der Waals surface area contributed by atoms with E-state index in [1.165, 1.54) is 12.1 Å². The Morgan fingerprint density at radius 3 is 2.36 bits per heavy atom. The first-order valence-electron chi connectivity index (χ1n) is 11.0. The Morgan fingerprint density at radius 1 is 0.970 bits per heavy atom. The largest absolute Gasteiger partial charge is 0.508 e. The van der Waals surface area contributed by atoms with Gasteiger partial charge < -0.3 is 20.8 Å². The topological polar surface area (TPSA) is 81.6 Å². The fraction of sp³-hybridized carbons (Fsp3) is 0.296. The number of halogens is 1. The van der Waals surface area contributed by atoms with E-state index in [1.807, 2.05) is 24.3 Å². The van der Waals surface area contributed by atoms with Gasteiger partial charge in [0.05, 0.1) is 12.5 Å².